The highest BCUT2D eigenvalue weighted by molar-refractivity contribution is 6.04. The lowest BCUT2D eigenvalue weighted by Crippen LogP contribution is -2.49. The highest BCUT2D eigenvalue weighted by Gasteiger charge is 2.45. The van der Waals surface area contributed by atoms with Crippen molar-refractivity contribution in [2.45, 2.75) is 89.7 Å². The fraction of sp³-hybridized carbons (Fsp3) is 0.472. The number of ketones is 2. The van der Waals surface area contributed by atoms with Crippen molar-refractivity contribution in [1.82, 2.24) is 4.90 Å². The minimum Gasteiger partial charge on any atom is -0.453 e. The summed E-state index contributed by atoms with van der Waals surface area (Å²) in [4.78, 5) is 66.2. The maximum Gasteiger partial charge on any atom is 0.416 e. The standard InChI is InChI=1S/C36H45NO8/c1-27(39)45-34(33(41)22-21-31(40)20-14-6-4-2-3-5-7-15-23-38)32(25-29-18-12-9-13-19-29)35(42)37-30(26-44-36(37)43)24-28-16-10-8-11-17-28/h8-13,16-19,21-22,30,32,34,38H,2-7,14-15,20,23-26H2,1H3. The number of hydrogen-bond donors (Lipinski definition) is 1. The van der Waals surface area contributed by atoms with Gasteiger partial charge in [-0.05, 0) is 49.0 Å². The van der Waals surface area contributed by atoms with Crippen molar-refractivity contribution in [1.29, 1.82) is 0 Å². The van der Waals surface area contributed by atoms with E-state index in [1.165, 1.54) is 6.08 Å². The Hall–Kier alpha value is -4.11. The first kappa shape index (κ1) is 35.4. The Morgan fingerprint density at radius 2 is 1.44 bits per heavy atom. The number of rotatable bonds is 20. The van der Waals surface area contributed by atoms with Crippen LogP contribution in [0.2, 0.25) is 0 Å². The first-order valence-corrected chi connectivity index (χ1v) is 15.9. The molecule has 0 aliphatic carbocycles. The quantitative estimate of drug-likeness (QED) is 0.116. The van der Waals surface area contributed by atoms with Gasteiger partial charge in [0.25, 0.3) is 0 Å². The molecule has 1 saturated heterocycles. The molecule has 0 radical (unpaired) electrons. The Bertz CT molecular complexity index is 1280. The van der Waals surface area contributed by atoms with E-state index in [2.05, 4.69) is 0 Å². The summed E-state index contributed by atoms with van der Waals surface area (Å²) >= 11 is 0. The van der Waals surface area contributed by atoms with Gasteiger partial charge in [-0.15, -0.1) is 0 Å². The van der Waals surface area contributed by atoms with E-state index in [9.17, 15) is 24.0 Å². The van der Waals surface area contributed by atoms with Crippen LogP contribution in [0.5, 0.6) is 0 Å². The number of imide groups is 1. The zero-order chi connectivity index (χ0) is 32.4. The second kappa shape index (κ2) is 19.3. The Balaban J connectivity index is 1.72. The molecule has 0 spiro atoms. The Kier molecular flexibility index (Phi) is 15.2. The molecule has 0 bridgehead atoms. The normalized spacial score (nSPS) is 15.9. The zero-order valence-corrected chi connectivity index (χ0v) is 26.1. The van der Waals surface area contributed by atoms with E-state index >= 15 is 0 Å². The van der Waals surface area contributed by atoms with Crippen LogP contribution in [-0.4, -0.2) is 64.9 Å². The molecule has 1 aliphatic heterocycles. The van der Waals surface area contributed by atoms with E-state index < -0.39 is 41.8 Å². The van der Waals surface area contributed by atoms with Gasteiger partial charge in [0.1, 0.15) is 6.61 Å². The number of ether oxygens (including phenoxy) is 2. The summed E-state index contributed by atoms with van der Waals surface area (Å²) in [6, 6.07) is 17.7. The number of benzene rings is 2. The summed E-state index contributed by atoms with van der Waals surface area (Å²) in [5.41, 5.74) is 1.62. The first-order valence-electron chi connectivity index (χ1n) is 15.9. The van der Waals surface area contributed by atoms with E-state index in [0.29, 0.717) is 18.4 Å². The maximum atomic E-state index is 14.1. The van der Waals surface area contributed by atoms with Crippen molar-refractivity contribution in [2.75, 3.05) is 13.2 Å². The number of carbonyl (C=O) groups is 5. The van der Waals surface area contributed by atoms with E-state index in [0.717, 1.165) is 68.4 Å². The van der Waals surface area contributed by atoms with Gasteiger partial charge in [-0.1, -0.05) is 99.2 Å². The van der Waals surface area contributed by atoms with E-state index in [1.54, 1.807) is 24.3 Å². The third-order valence-corrected chi connectivity index (χ3v) is 7.83. The number of amides is 2. The number of aliphatic hydroxyl groups excluding tert-OH is 1. The number of esters is 1. The van der Waals surface area contributed by atoms with Crippen LogP contribution < -0.4 is 0 Å². The van der Waals surface area contributed by atoms with E-state index in [-0.39, 0.29) is 31.8 Å². The van der Waals surface area contributed by atoms with Gasteiger partial charge in [0.05, 0.1) is 12.0 Å². The predicted octanol–water partition coefficient (Wildman–Crippen LogP) is 5.56. The Labute approximate surface area is 265 Å². The number of cyclic esters (lactones) is 1. The minimum atomic E-state index is -1.55. The van der Waals surface area contributed by atoms with Gasteiger partial charge < -0.3 is 14.6 Å². The summed E-state index contributed by atoms with van der Waals surface area (Å²) in [5.74, 6) is -3.62. The summed E-state index contributed by atoms with van der Waals surface area (Å²) in [6.07, 6.45) is 8.28. The average Bonchev–Trinajstić information content (AvgIpc) is 3.40. The molecule has 1 heterocycles. The molecular formula is C36H45NO8. The molecule has 1 N–H and O–H groups in total. The van der Waals surface area contributed by atoms with Gasteiger partial charge in [-0.25, -0.2) is 9.69 Å². The fourth-order valence-corrected chi connectivity index (χ4v) is 5.48. The lowest BCUT2D eigenvalue weighted by Gasteiger charge is -2.29. The molecule has 9 nitrogen and oxygen atoms in total. The second-order valence-electron chi connectivity index (χ2n) is 11.5. The average molecular weight is 620 g/mol. The predicted molar refractivity (Wildman–Crippen MR) is 169 cm³/mol. The molecule has 3 atom stereocenters. The summed E-state index contributed by atoms with van der Waals surface area (Å²) < 4.78 is 10.7. The number of nitrogens with zero attached hydrogens (tertiary/aromatic N) is 1. The second-order valence-corrected chi connectivity index (χ2v) is 11.5. The van der Waals surface area contributed by atoms with Gasteiger partial charge >= 0.3 is 12.1 Å². The first-order chi connectivity index (χ1) is 21.8. The minimum absolute atomic E-state index is 0.00181. The van der Waals surface area contributed by atoms with Crippen LogP contribution in [0.1, 0.15) is 75.8 Å². The number of unbranched alkanes of at least 4 members (excludes halogenated alkanes) is 7. The molecule has 0 aromatic heterocycles. The van der Waals surface area contributed by atoms with Crippen LogP contribution in [0.4, 0.5) is 4.79 Å². The van der Waals surface area contributed by atoms with Crippen molar-refractivity contribution < 1.29 is 38.6 Å². The molecule has 3 rings (SSSR count). The van der Waals surface area contributed by atoms with Crippen LogP contribution in [0.15, 0.2) is 72.8 Å². The van der Waals surface area contributed by atoms with E-state index in [4.69, 9.17) is 14.6 Å². The largest absolute Gasteiger partial charge is 0.453 e. The van der Waals surface area contributed by atoms with Gasteiger partial charge in [-0.3, -0.25) is 19.2 Å². The van der Waals surface area contributed by atoms with Crippen LogP contribution in [0.25, 0.3) is 0 Å². The topological polar surface area (TPSA) is 127 Å². The van der Waals surface area contributed by atoms with E-state index in [1.807, 2.05) is 36.4 Å². The van der Waals surface area contributed by atoms with Crippen molar-refractivity contribution in [3.8, 4) is 0 Å². The lowest BCUT2D eigenvalue weighted by atomic mass is 9.89. The smallest absolute Gasteiger partial charge is 0.416 e. The molecule has 0 saturated carbocycles. The lowest BCUT2D eigenvalue weighted by molar-refractivity contribution is -0.158. The molecule has 9 heteroatoms. The molecule has 2 amide bonds. The van der Waals surface area contributed by atoms with Crippen LogP contribution in [0, 0.1) is 5.92 Å². The van der Waals surface area contributed by atoms with Crippen LogP contribution >= 0.6 is 0 Å². The van der Waals surface area contributed by atoms with Crippen molar-refractivity contribution in [2.24, 2.45) is 5.92 Å². The molecule has 1 aliphatic rings. The molecule has 3 unspecified atom stereocenters. The zero-order valence-electron chi connectivity index (χ0n) is 26.1. The molecule has 45 heavy (non-hydrogen) atoms. The summed E-state index contributed by atoms with van der Waals surface area (Å²) in [5, 5.41) is 8.84. The van der Waals surface area contributed by atoms with Gasteiger partial charge in [0.15, 0.2) is 17.7 Å². The fourth-order valence-electron chi connectivity index (χ4n) is 5.48. The Morgan fingerprint density at radius 1 is 0.867 bits per heavy atom. The number of hydrogen-bond acceptors (Lipinski definition) is 8. The van der Waals surface area contributed by atoms with Gasteiger partial charge in [0, 0.05) is 20.0 Å². The molecule has 2 aromatic carbocycles. The molecule has 1 fully saturated rings. The summed E-state index contributed by atoms with van der Waals surface area (Å²) in [6.45, 7) is 1.38. The van der Waals surface area contributed by atoms with Crippen LogP contribution in [-0.2, 0) is 41.5 Å². The highest BCUT2D eigenvalue weighted by atomic mass is 16.6. The van der Waals surface area contributed by atoms with Crippen molar-refractivity contribution in [3.05, 3.63) is 83.9 Å². The number of carbonyl (C=O) groups excluding carboxylic acids is 5. The monoisotopic (exact) mass is 619 g/mol. The van der Waals surface area contributed by atoms with Crippen molar-refractivity contribution in [3.63, 3.8) is 0 Å². The molecule has 242 valence electrons. The SMILES string of the molecule is CC(=O)OC(C(=O)C=CC(=O)CCCCCCCCCCO)C(Cc1ccccc1)C(=O)N1C(=O)OCC1Cc1ccccc1. The van der Waals surface area contributed by atoms with Crippen molar-refractivity contribution >= 4 is 29.5 Å². The van der Waals surface area contributed by atoms with Gasteiger partial charge in [-0.2, -0.15) is 0 Å². The maximum absolute atomic E-state index is 14.1. The Morgan fingerprint density at radius 3 is 2.04 bits per heavy atom. The number of allylic oxidation sites excluding steroid dienone is 1. The molecule has 2 aromatic rings. The van der Waals surface area contributed by atoms with Gasteiger partial charge in [0.2, 0.25) is 5.91 Å². The third-order valence-electron chi connectivity index (χ3n) is 7.83. The highest BCUT2D eigenvalue weighted by Crippen LogP contribution is 2.26. The third kappa shape index (κ3) is 12.1. The summed E-state index contributed by atoms with van der Waals surface area (Å²) in [7, 11) is 0. The molecular weight excluding hydrogens is 574 g/mol. The van der Waals surface area contributed by atoms with Crippen LogP contribution in [0.3, 0.4) is 0 Å². The number of aliphatic hydroxyl groups is 1.